The molecule has 0 radical (unpaired) electrons. The SMILES string of the molecule is CCN(C(C)C)S(=O)(=O)c1cccnc1C(N)=S. The first-order valence-electron chi connectivity index (χ1n) is 5.59. The highest BCUT2D eigenvalue weighted by Crippen LogP contribution is 2.20. The van der Waals surface area contributed by atoms with Crippen LogP contribution in [0.5, 0.6) is 0 Å². The van der Waals surface area contributed by atoms with E-state index in [0.717, 1.165) is 0 Å². The monoisotopic (exact) mass is 287 g/mol. The Morgan fingerprint density at radius 3 is 2.61 bits per heavy atom. The van der Waals surface area contributed by atoms with Gasteiger partial charge < -0.3 is 5.73 Å². The first-order chi connectivity index (χ1) is 8.32. The van der Waals surface area contributed by atoms with E-state index in [9.17, 15) is 8.42 Å². The molecule has 0 atom stereocenters. The lowest BCUT2D eigenvalue weighted by molar-refractivity contribution is 0.369. The molecule has 0 unspecified atom stereocenters. The van der Waals surface area contributed by atoms with Crippen LogP contribution in [-0.4, -0.2) is 35.3 Å². The second-order valence-electron chi connectivity index (χ2n) is 4.02. The van der Waals surface area contributed by atoms with Crippen LogP contribution in [0.3, 0.4) is 0 Å². The number of hydrogen-bond donors (Lipinski definition) is 1. The Balaban J connectivity index is 3.41. The third kappa shape index (κ3) is 2.85. The van der Waals surface area contributed by atoms with Crippen LogP contribution in [0.1, 0.15) is 26.5 Å². The molecular weight excluding hydrogens is 270 g/mol. The minimum atomic E-state index is -3.62. The zero-order chi connectivity index (χ0) is 13.9. The van der Waals surface area contributed by atoms with Gasteiger partial charge in [-0.2, -0.15) is 4.31 Å². The predicted molar refractivity (Wildman–Crippen MR) is 74.8 cm³/mol. The molecule has 100 valence electrons. The molecule has 0 saturated heterocycles. The summed E-state index contributed by atoms with van der Waals surface area (Å²) in [6.07, 6.45) is 1.47. The fourth-order valence-corrected chi connectivity index (χ4v) is 3.76. The second-order valence-corrected chi connectivity index (χ2v) is 6.32. The van der Waals surface area contributed by atoms with Crippen molar-refractivity contribution >= 4 is 27.2 Å². The molecule has 0 aromatic carbocycles. The van der Waals surface area contributed by atoms with Gasteiger partial charge in [-0.05, 0) is 26.0 Å². The van der Waals surface area contributed by atoms with Gasteiger partial charge in [0.25, 0.3) is 0 Å². The second kappa shape index (κ2) is 5.73. The summed E-state index contributed by atoms with van der Waals surface area (Å²) in [5.74, 6) is 0. The van der Waals surface area contributed by atoms with Crippen molar-refractivity contribution in [2.45, 2.75) is 31.7 Å². The molecule has 2 N–H and O–H groups in total. The number of sulfonamides is 1. The molecule has 1 aromatic heterocycles. The molecule has 0 aliphatic heterocycles. The molecule has 0 bridgehead atoms. The van der Waals surface area contributed by atoms with Crippen molar-refractivity contribution in [2.24, 2.45) is 5.73 Å². The summed E-state index contributed by atoms with van der Waals surface area (Å²) in [7, 11) is -3.62. The molecule has 1 rings (SSSR count). The maximum Gasteiger partial charge on any atom is 0.245 e. The smallest absolute Gasteiger partial charge is 0.245 e. The van der Waals surface area contributed by atoms with Crippen LogP contribution >= 0.6 is 12.2 Å². The predicted octanol–water partition coefficient (Wildman–Crippen LogP) is 1.13. The minimum Gasteiger partial charge on any atom is -0.388 e. The number of nitrogens with zero attached hydrogens (tertiary/aromatic N) is 2. The van der Waals surface area contributed by atoms with Crippen LogP contribution in [0.25, 0.3) is 0 Å². The van der Waals surface area contributed by atoms with E-state index in [1.165, 1.54) is 16.6 Å². The van der Waals surface area contributed by atoms with Crippen molar-refractivity contribution < 1.29 is 8.42 Å². The standard InChI is InChI=1S/C11H17N3O2S2/c1-4-14(8(2)3)18(15,16)9-6-5-7-13-10(9)11(12)17/h5-8H,4H2,1-3H3,(H2,12,17). The molecule has 1 aromatic rings. The van der Waals surface area contributed by atoms with Crippen molar-refractivity contribution in [3.63, 3.8) is 0 Å². The van der Waals surface area contributed by atoms with E-state index in [0.29, 0.717) is 6.54 Å². The van der Waals surface area contributed by atoms with E-state index in [1.54, 1.807) is 13.0 Å². The van der Waals surface area contributed by atoms with Gasteiger partial charge in [0.05, 0.1) is 0 Å². The number of rotatable bonds is 5. The average Bonchev–Trinajstić information content (AvgIpc) is 2.28. The summed E-state index contributed by atoms with van der Waals surface area (Å²) in [4.78, 5) is 3.99. The summed E-state index contributed by atoms with van der Waals surface area (Å²) in [6.45, 7) is 5.80. The van der Waals surface area contributed by atoms with Crippen LogP contribution in [0.15, 0.2) is 23.2 Å². The fraction of sp³-hybridized carbons (Fsp3) is 0.455. The van der Waals surface area contributed by atoms with Gasteiger partial charge >= 0.3 is 0 Å². The molecule has 1 heterocycles. The van der Waals surface area contributed by atoms with Gasteiger partial charge in [-0.15, -0.1) is 0 Å². The molecule has 0 amide bonds. The highest BCUT2D eigenvalue weighted by molar-refractivity contribution is 7.89. The molecule has 0 spiro atoms. The summed E-state index contributed by atoms with van der Waals surface area (Å²) >= 11 is 4.84. The third-order valence-corrected chi connectivity index (χ3v) is 4.85. The Kier molecular flexibility index (Phi) is 4.78. The number of pyridine rings is 1. The van der Waals surface area contributed by atoms with Crippen LogP contribution in [-0.2, 0) is 10.0 Å². The maximum absolute atomic E-state index is 12.5. The summed E-state index contributed by atoms with van der Waals surface area (Å²) in [5, 5.41) is 0. The Morgan fingerprint density at radius 2 is 2.17 bits per heavy atom. The Labute approximate surface area is 113 Å². The van der Waals surface area contributed by atoms with Gasteiger partial charge in [0.2, 0.25) is 10.0 Å². The lowest BCUT2D eigenvalue weighted by Gasteiger charge is -2.25. The third-order valence-electron chi connectivity index (χ3n) is 2.48. The lowest BCUT2D eigenvalue weighted by atomic mass is 10.3. The maximum atomic E-state index is 12.5. The molecule has 5 nitrogen and oxygen atoms in total. The van der Waals surface area contributed by atoms with E-state index in [2.05, 4.69) is 4.98 Å². The zero-order valence-corrected chi connectivity index (χ0v) is 12.3. The molecule has 0 aliphatic rings. The highest BCUT2D eigenvalue weighted by Gasteiger charge is 2.28. The average molecular weight is 287 g/mol. The van der Waals surface area contributed by atoms with Crippen molar-refractivity contribution in [3.05, 3.63) is 24.0 Å². The summed E-state index contributed by atoms with van der Waals surface area (Å²) in [5.41, 5.74) is 5.66. The topological polar surface area (TPSA) is 76.3 Å². The van der Waals surface area contributed by atoms with E-state index in [1.807, 2.05) is 13.8 Å². The Hall–Kier alpha value is -1.05. The molecule has 18 heavy (non-hydrogen) atoms. The van der Waals surface area contributed by atoms with Crippen LogP contribution < -0.4 is 5.73 Å². The largest absolute Gasteiger partial charge is 0.388 e. The van der Waals surface area contributed by atoms with Crippen LogP contribution in [0.2, 0.25) is 0 Å². The van der Waals surface area contributed by atoms with Gasteiger partial charge in [0.15, 0.2) is 0 Å². The van der Waals surface area contributed by atoms with Gasteiger partial charge in [-0.3, -0.25) is 4.98 Å². The number of nitrogens with two attached hydrogens (primary N) is 1. The van der Waals surface area contributed by atoms with Crippen molar-refractivity contribution in [1.82, 2.24) is 9.29 Å². The van der Waals surface area contributed by atoms with Gasteiger partial charge in [0, 0.05) is 18.8 Å². The van der Waals surface area contributed by atoms with Crippen LogP contribution in [0, 0.1) is 0 Å². The van der Waals surface area contributed by atoms with Crippen molar-refractivity contribution in [1.29, 1.82) is 0 Å². The van der Waals surface area contributed by atoms with Gasteiger partial charge in [-0.25, -0.2) is 8.42 Å². The number of aromatic nitrogens is 1. The van der Waals surface area contributed by atoms with E-state index < -0.39 is 10.0 Å². The van der Waals surface area contributed by atoms with Gasteiger partial charge in [0.1, 0.15) is 15.6 Å². The van der Waals surface area contributed by atoms with Crippen molar-refractivity contribution in [2.75, 3.05) is 6.54 Å². The normalized spacial score (nSPS) is 12.1. The van der Waals surface area contributed by atoms with Gasteiger partial charge in [-0.1, -0.05) is 19.1 Å². The molecular formula is C11H17N3O2S2. The van der Waals surface area contributed by atoms with E-state index in [-0.39, 0.29) is 21.6 Å². The minimum absolute atomic E-state index is 0.0195. The molecule has 7 heteroatoms. The number of thiocarbonyl (C=S) groups is 1. The highest BCUT2D eigenvalue weighted by atomic mass is 32.2. The molecule has 0 aliphatic carbocycles. The fourth-order valence-electron chi connectivity index (χ4n) is 1.72. The van der Waals surface area contributed by atoms with E-state index in [4.69, 9.17) is 18.0 Å². The summed E-state index contributed by atoms with van der Waals surface area (Å²) in [6, 6.07) is 2.89. The van der Waals surface area contributed by atoms with Crippen LogP contribution in [0.4, 0.5) is 0 Å². The molecule has 0 saturated carbocycles. The lowest BCUT2D eigenvalue weighted by Crippen LogP contribution is -2.37. The zero-order valence-electron chi connectivity index (χ0n) is 10.6. The van der Waals surface area contributed by atoms with E-state index >= 15 is 0 Å². The Bertz CT molecular complexity index is 541. The first kappa shape index (κ1) is 15.0. The Morgan fingerprint density at radius 1 is 1.56 bits per heavy atom. The quantitative estimate of drug-likeness (QED) is 0.822. The summed E-state index contributed by atoms with van der Waals surface area (Å²) < 4.78 is 26.4. The molecule has 0 fully saturated rings. The van der Waals surface area contributed by atoms with Crippen molar-refractivity contribution in [3.8, 4) is 0 Å². The first-order valence-corrected chi connectivity index (χ1v) is 7.43. The number of hydrogen-bond acceptors (Lipinski definition) is 4.